The summed E-state index contributed by atoms with van der Waals surface area (Å²) in [5.41, 5.74) is 12.2. The number of hydrogen-bond donors (Lipinski definition) is 0. The topological polar surface area (TPSA) is 38.1 Å². The van der Waals surface area contributed by atoms with E-state index in [-0.39, 0.29) is 6.04 Å². The zero-order valence-corrected chi connectivity index (χ0v) is 28.5. The van der Waals surface area contributed by atoms with E-state index >= 15 is 0 Å². The van der Waals surface area contributed by atoms with Crippen molar-refractivity contribution in [2.24, 2.45) is 16.8 Å². The second kappa shape index (κ2) is 13.3. The van der Waals surface area contributed by atoms with Gasteiger partial charge in [-0.1, -0.05) is 146 Å². The van der Waals surface area contributed by atoms with E-state index < -0.39 is 0 Å². The van der Waals surface area contributed by atoms with Gasteiger partial charge in [-0.15, -0.1) is 0 Å². The maximum atomic E-state index is 5.22. The van der Waals surface area contributed by atoms with Gasteiger partial charge in [0.1, 0.15) is 0 Å². The molecule has 2 aliphatic carbocycles. The van der Waals surface area contributed by atoms with Gasteiger partial charge in [-0.25, -0.2) is 9.97 Å². The van der Waals surface area contributed by atoms with Crippen LogP contribution >= 0.6 is 0 Å². The first kappa shape index (κ1) is 30.8. The van der Waals surface area contributed by atoms with Gasteiger partial charge in [0.15, 0.2) is 5.82 Å². The summed E-state index contributed by atoms with van der Waals surface area (Å²) in [7, 11) is 0. The molecule has 0 fully saturated rings. The Kier molecular flexibility index (Phi) is 8.02. The lowest BCUT2D eigenvalue weighted by molar-refractivity contribution is 0.616. The van der Waals surface area contributed by atoms with Crippen LogP contribution < -0.4 is 10.4 Å². The average Bonchev–Trinajstić information content (AvgIpc) is 3.21. The quantitative estimate of drug-likeness (QED) is 0.179. The van der Waals surface area contributed by atoms with E-state index in [0.717, 1.165) is 51.2 Å². The largest absolute Gasteiger partial charge is 0.285 e. The van der Waals surface area contributed by atoms with Crippen molar-refractivity contribution < 1.29 is 0 Å². The zero-order chi connectivity index (χ0) is 34.1. The third kappa shape index (κ3) is 6.24. The number of aromatic nitrogens is 2. The van der Waals surface area contributed by atoms with Crippen LogP contribution in [-0.2, 0) is 0 Å². The number of nitrogens with zero attached hydrogens (tertiary/aromatic N) is 3. The number of aliphatic imine (C=N–C) groups is 1. The molecule has 3 unspecified atom stereocenters. The minimum atomic E-state index is 0.165. The molecular formula is C48H37N3. The molecule has 5 aromatic carbocycles. The van der Waals surface area contributed by atoms with Gasteiger partial charge in [0.25, 0.3) is 0 Å². The maximum Gasteiger partial charge on any atom is 0.160 e. The SMILES string of the molecule is CC1C=C(c2cc(-c3ccc(C4CC=CC=N4)cc3)cc(-c3nc(-c4ccccc4)cc(-c4ccccc4)n3)c2)C=C2C=c3ccccc3=CC21. The first-order valence-electron chi connectivity index (χ1n) is 17.8. The van der Waals surface area contributed by atoms with Gasteiger partial charge in [0.2, 0.25) is 0 Å². The Labute approximate surface area is 299 Å². The van der Waals surface area contributed by atoms with E-state index in [9.17, 15) is 0 Å². The lowest BCUT2D eigenvalue weighted by Crippen LogP contribution is -2.31. The zero-order valence-electron chi connectivity index (χ0n) is 28.5. The van der Waals surface area contributed by atoms with E-state index in [4.69, 9.17) is 15.0 Å². The number of dihydropyridines is 1. The molecule has 244 valence electrons. The molecule has 3 nitrogen and oxygen atoms in total. The van der Waals surface area contributed by atoms with Crippen molar-refractivity contribution in [3.05, 3.63) is 185 Å². The van der Waals surface area contributed by atoms with E-state index in [2.05, 4.69) is 159 Å². The van der Waals surface area contributed by atoms with Crippen molar-refractivity contribution in [3.63, 3.8) is 0 Å². The summed E-state index contributed by atoms with van der Waals surface area (Å²) >= 11 is 0. The van der Waals surface area contributed by atoms with Gasteiger partial charge in [-0.3, -0.25) is 4.99 Å². The molecule has 9 rings (SSSR count). The summed E-state index contributed by atoms with van der Waals surface area (Å²) in [5.74, 6) is 1.42. The van der Waals surface area contributed by atoms with Gasteiger partial charge in [-0.2, -0.15) is 0 Å². The van der Waals surface area contributed by atoms with E-state index in [1.165, 1.54) is 27.1 Å². The molecule has 1 aromatic heterocycles. The van der Waals surface area contributed by atoms with Crippen molar-refractivity contribution in [2.45, 2.75) is 19.4 Å². The molecule has 0 radical (unpaired) electrons. The molecule has 0 bridgehead atoms. The fraction of sp³-hybridized carbons (Fsp3) is 0.104. The molecule has 0 spiro atoms. The lowest BCUT2D eigenvalue weighted by atomic mass is 9.76. The van der Waals surface area contributed by atoms with Crippen LogP contribution in [0.5, 0.6) is 0 Å². The number of rotatable bonds is 6. The van der Waals surface area contributed by atoms with Crippen LogP contribution in [0.15, 0.2) is 168 Å². The molecule has 0 N–H and O–H groups in total. The predicted molar refractivity (Wildman–Crippen MR) is 212 cm³/mol. The van der Waals surface area contributed by atoms with Crippen LogP contribution in [0.2, 0.25) is 0 Å². The van der Waals surface area contributed by atoms with Gasteiger partial charge in [-0.05, 0) is 86.5 Å². The van der Waals surface area contributed by atoms with Crippen LogP contribution in [0.1, 0.15) is 30.5 Å². The van der Waals surface area contributed by atoms with Crippen LogP contribution in [0.3, 0.4) is 0 Å². The highest BCUT2D eigenvalue weighted by Crippen LogP contribution is 2.39. The predicted octanol–water partition coefficient (Wildman–Crippen LogP) is 10.1. The maximum absolute atomic E-state index is 5.22. The highest BCUT2D eigenvalue weighted by Gasteiger charge is 2.24. The average molecular weight is 656 g/mol. The van der Waals surface area contributed by atoms with Gasteiger partial charge in [0, 0.05) is 28.8 Å². The summed E-state index contributed by atoms with van der Waals surface area (Å²) < 4.78 is 0. The number of benzene rings is 5. The highest BCUT2D eigenvalue weighted by atomic mass is 14.9. The smallest absolute Gasteiger partial charge is 0.160 e. The molecule has 51 heavy (non-hydrogen) atoms. The lowest BCUT2D eigenvalue weighted by Gasteiger charge is -2.28. The van der Waals surface area contributed by atoms with Crippen LogP contribution in [0.4, 0.5) is 0 Å². The molecule has 6 aromatic rings. The molecule has 0 saturated heterocycles. The third-order valence-corrected chi connectivity index (χ3v) is 10.3. The fourth-order valence-corrected chi connectivity index (χ4v) is 7.53. The Bertz CT molecular complexity index is 2450. The van der Waals surface area contributed by atoms with Crippen LogP contribution in [0.25, 0.3) is 62.8 Å². The van der Waals surface area contributed by atoms with Crippen LogP contribution in [0, 0.1) is 11.8 Å². The summed E-state index contributed by atoms with van der Waals surface area (Å²) in [5, 5.41) is 2.59. The Morgan fingerprint density at radius 3 is 1.88 bits per heavy atom. The third-order valence-electron chi connectivity index (χ3n) is 10.3. The second-order valence-corrected chi connectivity index (χ2v) is 13.7. The normalized spacial score (nSPS) is 18.8. The van der Waals surface area contributed by atoms with Gasteiger partial charge >= 0.3 is 0 Å². The summed E-state index contributed by atoms with van der Waals surface area (Å²) in [4.78, 5) is 15.1. The van der Waals surface area contributed by atoms with Gasteiger partial charge in [0.05, 0.1) is 17.4 Å². The summed E-state index contributed by atoms with van der Waals surface area (Å²) in [6.45, 7) is 2.33. The molecule has 3 aliphatic rings. The molecule has 3 heteroatoms. The number of allylic oxidation sites excluding steroid dienone is 5. The monoisotopic (exact) mass is 655 g/mol. The van der Waals surface area contributed by atoms with E-state index in [1.54, 1.807) is 0 Å². The minimum absolute atomic E-state index is 0.165. The first-order valence-corrected chi connectivity index (χ1v) is 17.8. The standard InChI is InChI=1S/C48H37N3/c1-32-24-39(27-42-25-37-16-8-9-17-38(37)30-44(32)42)41-26-40(33-19-21-36(22-20-33)45-18-10-11-23-49-45)28-43(29-41)48-50-46(34-12-4-2-5-13-34)31-47(51-48)35-14-6-3-7-15-35/h2-17,19-32,44-45H,18H2,1H3. The number of hydrogen-bond acceptors (Lipinski definition) is 3. The minimum Gasteiger partial charge on any atom is -0.285 e. The highest BCUT2D eigenvalue weighted by molar-refractivity contribution is 5.86. The van der Waals surface area contributed by atoms with Crippen molar-refractivity contribution >= 4 is 23.9 Å². The fourth-order valence-electron chi connectivity index (χ4n) is 7.53. The molecule has 3 atom stereocenters. The Balaban J connectivity index is 1.20. The van der Waals surface area contributed by atoms with Gasteiger partial charge < -0.3 is 0 Å². The Morgan fingerprint density at radius 2 is 1.20 bits per heavy atom. The second-order valence-electron chi connectivity index (χ2n) is 13.7. The molecule has 0 saturated carbocycles. The van der Waals surface area contributed by atoms with Crippen molar-refractivity contribution in [1.29, 1.82) is 0 Å². The number of fused-ring (bicyclic) bond motifs is 2. The van der Waals surface area contributed by atoms with Crippen LogP contribution in [-0.4, -0.2) is 16.2 Å². The summed E-state index contributed by atoms with van der Waals surface area (Å²) in [6.07, 6.45) is 16.7. The van der Waals surface area contributed by atoms with Crippen molar-refractivity contribution in [3.8, 4) is 45.0 Å². The Morgan fingerprint density at radius 1 is 0.549 bits per heavy atom. The summed E-state index contributed by atoms with van der Waals surface area (Å²) in [6, 6.07) is 47.5. The Hall–Kier alpha value is -6.19. The molecule has 1 aliphatic heterocycles. The molecular weight excluding hydrogens is 619 g/mol. The van der Waals surface area contributed by atoms with Crippen molar-refractivity contribution in [1.82, 2.24) is 9.97 Å². The first-order chi connectivity index (χ1) is 25.1. The van der Waals surface area contributed by atoms with Crippen molar-refractivity contribution in [2.75, 3.05) is 0 Å². The van der Waals surface area contributed by atoms with E-state index in [1.807, 2.05) is 24.4 Å². The molecule has 2 heterocycles. The molecule has 0 amide bonds. The van der Waals surface area contributed by atoms with E-state index in [0.29, 0.717) is 17.7 Å².